The molecule has 0 saturated heterocycles. The minimum absolute atomic E-state index is 0.360. The summed E-state index contributed by atoms with van der Waals surface area (Å²) in [6.45, 7) is 5.77. The van der Waals surface area contributed by atoms with E-state index in [1.54, 1.807) is 12.3 Å². The van der Waals surface area contributed by atoms with E-state index in [2.05, 4.69) is 35.0 Å². The minimum Gasteiger partial charge on any atom is -0.465 e. The summed E-state index contributed by atoms with van der Waals surface area (Å²) in [4.78, 5) is 18.2. The molecule has 0 aliphatic carbocycles. The van der Waals surface area contributed by atoms with Gasteiger partial charge in [-0.3, -0.25) is 4.98 Å². The molecule has 0 atom stereocenters. The molecule has 0 aliphatic rings. The predicted octanol–water partition coefficient (Wildman–Crippen LogP) is 2.84. The minimum atomic E-state index is -0.360. The summed E-state index contributed by atoms with van der Waals surface area (Å²) in [6.07, 6.45) is 1.54. The number of esters is 1. The van der Waals surface area contributed by atoms with Crippen molar-refractivity contribution < 1.29 is 9.53 Å². The highest BCUT2D eigenvalue weighted by Gasteiger charge is 2.05. The molecule has 2 aromatic rings. The van der Waals surface area contributed by atoms with E-state index in [0.717, 1.165) is 12.2 Å². The van der Waals surface area contributed by atoms with Crippen molar-refractivity contribution in [2.45, 2.75) is 26.9 Å². The molecule has 4 nitrogen and oxygen atoms in total. The molecule has 0 radical (unpaired) electrons. The number of nitrogens with zero attached hydrogens (tertiary/aromatic N) is 1. The van der Waals surface area contributed by atoms with Crippen LogP contribution in [-0.4, -0.2) is 18.1 Å². The zero-order valence-electron chi connectivity index (χ0n) is 11.9. The molecule has 0 spiro atoms. The summed E-state index contributed by atoms with van der Waals surface area (Å²) in [5.41, 5.74) is 2.72. The number of pyridine rings is 1. The largest absolute Gasteiger partial charge is 0.465 e. The van der Waals surface area contributed by atoms with Gasteiger partial charge >= 0.3 is 5.97 Å². The van der Waals surface area contributed by atoms with E-state index in [-0.39, 0.29) is 5.97 Å². The fourth-order valence-electron chi connectivity index (χ4n) is 1.82. The third kappa shape index (κ3) is 3.65. The molecular formula is C15H18N2O2S. The predicted molar refractivity (Wildman–Crippen MR) is 79.9 cm³/mol. The average molecular weight is 290 g/mol. The third-order valence-electron chi connectivity index (χ3n) is 3.07. The van der Waals surface area contributed by atoms with Gasteiger partial charge in [0.15, 0.2) is 0 Å². The summed E-state index contributed by atoms with van der Waals surface area (Å²) in [5.74, 6) is -0.360. The Morgan fingerprint density at radius 3 is 2.70 bits per heavy atom. The highest BCUT2D eigenvalue weighted by atomic mass is 32.1. The van der Waals surface area contributed by atoms with Crippen LogP contribution < -0.4 is 5.32 Å². The number of carbonyl (C=O) groups excluding carboxylic acids is 1. The van der Waals surface area contributed by atoms with Crippen molar-refractivity contribution in [3.05, 3.63) is 51.0 Å². The second kappa shape index (κ2) is 6.63. The Kier molecular flexibility index (Phi) is 4.87. The standard InChI is InChI=1S/C15H18N2O2S/c1-10-6-14(20-11(10)2)9-16-8-13-5-4-12(7-17-13)15(18)19-3/h4-7,16H,8-9H2,1-3H3. The molecule has 2 rings (SSSR count). The fourth-order valence-corrected chi connectivity index (χ4v) is 2.84. The molecule has 0 saturated carbocycles. The van der Waals surface area contributed by atoms with E-state index >= 15 is 0 Å². The highest BCUT2D eigenvalue weighted by Crippen LogP contribution is 2.20. The van der Waals surface area contributed by atoms with Crippen LogP contribution in [0.3, 0.4) is 0 Å². The van der Waals surface area contributed by atoms with Gasteiger partial charge in [-0.25, -0.2) is 4.79 Å². The monoisotopic (exact) mass is 290 g/mol. The third-order valence-corrected chi connectivity index (χ3v) is 4.22. The van der Waals surface area contributed by atoms with Crippen LogP contribution in [-0.2, 0) is 17.8 Å². The van der Waals surface area contributed by atoms with Crippen LogP contribution in [0.2, 0.25) is 0 Å². The molecule has 5 heteroatoms. The number of hydrogen-bond donors (Lipinski definition) is 1. The van der Waals surface area contributed by atoms with E-state index in [9.17, 15) is 4.79 Å². The second-order valence-electron chi connectivity index (χ2n) is 4.59. The molecule has 0 unspecified atom stereocenters. The van der Waals surface area contributed by atoms with Gasteiger partial charge in [0.05, 0.1) is 18.4 Å². The van der Waals surface area contributed by atoms with Crippen molar-refractivity contribution in [1.29, 1.82) is 0 Å². The first-order chi connectivity index (χ1) is 9.60. The van der Waals surface area contributed by atoms with Gasteiger partial charge in [-0.05, 0) is 37.6 Å². The van der Waals surface area contributed by atoms with Crippen LogP contribution in [0.4, 0.5) is 0 Å². The summed E-state index contributed by atoms with van der Waals surface area (Å²) >= 11 is 1.81. The number of aryl methyl sites for hydroxylation is 2. The van der Waals surface area contributed by atoms with Gasteiger partial charge in [0, 0.05) is 29.0 Å². The lowest BCUT2D eigenvalue weighted by Gasteiger charge is -2.04. The van der Waals surface area contributed by atoms with Crippen molar-refractivity contribution in [2.24, 2.45) is 0 Å². The van der Waals surface area contributed by atoms with Crippen molar-refractivity contribution in [3.8, 4) is 0 Å². The molecule has 0 aliphatic heterocycles. The fraction of sp³-hybridized carbons (Fsp3) is 0.333. The summed E-state index contributed by atoms with van der Waals surface area (Å²) in [5, 5.41) is 3.35. The average Bonchev–Trinajstić information content (AvgIpc) is 2.77. The van der Waals surface area contributed by atoms with Crippen LogP contribution in [0, 0.1) is 13.8 Å². The maximum Gasteiger partial charge on any atom is 0.339 e. The molecular weight excluding hydrogens is 272 g/mol. The Labute approximate surface area is 122 Å². The van der Waals surface area contributed by atoms with Gasteiger partial charge in [0.1, 0.15) is 0 Å². The van der Waals surface area contributed by atoms with Crippen LogP contribution >= 0.6 is 11.3 Å². The van der Waals surface area contributed by atoms with Crippen molar-refractivity contribution in [3.63, 3.8) is 0 Å². The first-order valence-electron chi connectivity index (χ1n) is 6.40. The van der Waals surface area contributed by atoms with Gasteiger partial charge < -0.3 is 10.1 Å². The van der Waals surface area contributed by atoms with Gasteiger partial charge in [-0.2, -0.15) is 0 Å². The molecule has 20 heavy (non-hydrogen) atoms. The Balaban J connectivity index is 1.86. The van der Waals surface area contributed by atoms with Crippen LogP contribution in [0.5, 0.6) is 0 Å². The number of nitrogens with one attached hydrogen (secondary N) is 1. The first kappa shape index (κ1) is 14.7. The van der Waals surface area contributed by atoms with Crippen LogP contribution in [0.15, 0.2) is 24.4 Å². The number of ether oxygens (including phenoxy) is 1. The number of aromatic nitrogens is 1. The van der Waals surface area contributed by atoms with Gasteiger partial charge in [0.25, 0.3) is 0 Å². The molecule has 2 aromatic heterocycles. The normalized spacial score (nSPS) is 10.6. The van der Waals surface area contributed by atoms with Crippen molar-refractivity contribution in [1.82, 2.24) is 10.3 Å². The maximum absolute atomic E-state index is 11.3. The SMILES string of the molecule is COC(=O)c1ccc(CNCc2cc(C)c(C)s2)nc1. The quantitative estimate of drug-likeness (QED) is 0.860. The number of rotatable bonds is 5. The molecule has 0 fully saturated rings. The number of methoxy groups -OCH3 is 1. The van der Waals surface area contributed by atoms with Crippen molar-refractivity contribution >= 4 is 17.3 Å². The molecule has 0 amide bonds. The van der Waals surface area contributed by atoms with E-state index < -0.39 is 0 Å². The van der Waals surface area contributed by atoms with Crippen molar-refractivity contribution in [2.75, 3.05) is 7.11 Å². The lowest BCUT2D eigenvalue weighted by molar-refractivity contribution is 0.0600. The maximum atomic E-state index is 11.3. The highest BCUT2D eigenvalue weighted by molar-refractivity contribution is 7.12. The Hall–Kier alpha value is -1.72. The van der Waals surface area contributed by atoms with E-state index in [1.807, 2.05) is 17.4 Å². The summed E-state index contributed by atoms with van der Waals surface area (Å²) in [6, 6.07) is 5.78. The van der Waals surface area contributed by atoms with Gasteiger partial charge in [-0.1, -0.05) is 0 Å². The van der Waals surface area contributed by atoms with Crippen LogP contribution in [0.25, 0.3) is 0 Å². The van der Waals surface area contributed by atoms with Gasteiger partial charge in [-0.15, -0.1) is 11.3 Å². The Morgan fingerprint density at radius 1 is 1.35 bits per heavy atom. The number of thiophene rings is 1. The number of hydrogen-bond acceptors (Lipinski definition) is 5. The molecule has 0 aromatic carbocycles. The second-order valence-corrected chi connectivity index (χ2v) is 5.93. The Morgan fingerprint density at radius 2 is 2.15 bits per heavy atom. The topological polar surface area (TPSA) is 51.2 Å². The Bertz CT molecular complexity index is 571. The zero-order valence-corrected chi connectivity index (χ0v) is 12.7. The summed E-state index contributed by atoms with van der Waals surface area (Å²) in [7, 11) is 1.36. The first-order valence-corrected chi connectivity index (χ1v) is 7.21. The smallest absolute Gasteiger partial charge is 0.339 e. The lowest BCUT2D eigenvalue weighted by atomic mass is 10.2. The van der Waals surface area contributed by atoms with Crippen LogP contribution in [0.1, 0.15) is 31.4 Å². The van der Waals surface area contributed by atoms with E-state index in [1.165, 1.54) is 22.4 Å². The molecule has 0 bridgehead atoms. The molecule has 106 valence electrons. The molecule has 2 heterocycles. The van der Waals surface area contributed by atoms with E-state index in [4.69, 9.17) is 0 Å². The van der Waals surface area contributed by atoms with E-state index in [0.29, 0.717) is 12.1 Å². The molecule has 1 N–H and O–H groups in total. The lowest BCUT2D eigenvalue weighted by Crippen LogP contribution is -2.13. The zero-order chi connectivity index (χ0) is 14.5. The summed E-state index contributed by atoms with van der Waals surface area (Å²) < 4.78 is 4.64. The number of carbonyl (C=O) groups is 1. The van der Waals surface area contributed by atoms with Gasteiger partial charge in [0.2, 0.25) is 0 Å².